The van der Waals surface area contributed by atoms with E-state index in [2.05, 4.69) is 4.98 Å². The Hall–Kier alpha value is -3.09. The number of hydrogen-bond donors (Lipinski definition) is 0. The van der Waals surface area contributed by atoms with Gasteiger partial charge in [0, 0.05) is 17.8 Å². The highest BCUT2D eigenvalue weighted by Gasteiger charge is 2.18. The number of carbonyl (C=O) groups is 1. The number of nitrogens with zero attached hydrogens (tertiary/aromatic N) is 3. The van der Waals surface area contributed by atoms with Gasteiger partial charge in [-0.1, -0.05) is 59.8 Å². The number of benzene rings is 3. The summed E-state index contributed by atoms with van der Waals surface area (Å²) in [6.07, 6.45) is 0. The van der Waals surface area contributed by atoms with Crippen LogP contribution in [0.15, 0.2) is 82.7 Å². The standard InChI is InChI=1S/C24H20ClN3O2S/c1-16-8-6-7-11-21(16)28-23(30)19-13-12-17(25)14-20(19)26-24(28)31-15-22(29)27(2)18-9-4-3-5-10-18/h3-14H,15H2,1-2H3. The summed E-state index contributed by atoms with van der Waals surface area (Å²) in [7, 11) is 1.74. The lowest BCUT2D eigenvalue weighted by Crippen LogP contribution is -2.28. The molecule has 0 aliphatic heterocycles. The average Bonchev–Trinajstić information content (AvgIpc) is 2.78. The highest BCUT2D eigenvalue weighted by molar-refractivity contribution is 7.99. The molecule has 3 aromatic carbocycles. The molecule has 0 spiro atoms. The van der Waals surface area contributed by atoms with E-state index >= 15 is 0 Å². The van der Waals surface area contributed by atoms with Crippen molar-refractivity contribution >= 4 is 45.9 Å². The van der Waals surface area contributed by atoms with Crippen molar-refractivity contribution in [2.45, 2.75) is 12.1 Å². The van der Waals surface area contributed by atoms with E-state index in [-0.39, 0.29) is 17.2 Å². The van der Waals surface area contributed by atoms with E-state index in [9.17, 15) is 9.59 Å². The molecule has 0 bridgehead atoms. The van der Waals surface area contributed by atoms with Crippen LogP contribution in [0.4, 0.5) is 5.69 Å². The number of anilines is 1. The van der Waals surface area contributed by atoms with E-state index in [1.807, 2.05) is 61.5 Å². The molecule has 1 aromatic heterocycles. The number of amides is 1. The summed E-state index contributed by atoms with van der Waals surface area (Å²) in [4.78, 5) is 32.5. The molecule has 4 rings (SSSR count). The third-order valence-corrected chi connectivity index (χ3v) is 6.16. The molecule has 5 nitrogen and oxygen atoms in total. The molecule has 156 valence electrons. The Morgan fingerprint density at radius 1 is 1.06 bits per heavy atom. The smallest absolute Gasteiger partial charge is 0.266 e. The molecule has 31 heavy (non-hydrogen) atoms. The maximum absolute atomic E-state index is 13.4. The van der Waals surface area contributed by atoms with Gasteiger partial charge >= 0.3 is 0 Å². The minimum absolute atomic E-state index is 0.0898. The topological polar surface area (TPSA) is 55.2 Å². The summed E-state index contributed by atoms with van der Waals surface area (Å²) >= 11 is 7.36. The first kappa shape index (κ1) is 21.2. The SMILES string of the molecule is Cc1ccccc1-n1c(SCC(=O)N(C)c2ccccc2)nc2cc(Cl)ccc2c1=O. The summed E-state index contributed by atoms with van der Waals surface area (Å²) in [5, 5.41) is 1.43. The van der Waals surface area contributed by atoms with Crippen LogP contribution < -0.4 is 10.5 Å². The Morgan fingerprint density at radius 3 is 2.52 bits per heavy atom. The predicted molar refractivity (Wildman–Crippen MR) is 128 cm³/mol. The molecule has 0 aliphatic carbocycles. The molecule has 0 N–H and O–H groups in total. The lowest BCUT2D eigenvalue weighted by molar-refractivity contribution is -0.115. The molecular weight excluding hydrogens is 430 g/mol. The number of aromatic nitrogens is 2. The number of thioether (sulfide) groups is 1. The fraction of sp³-hybridized carbons (Fsp3) is 0.125. The summed E-state index contributed by atoms with van der Waals surface area (Å²) in [5.41, 5.74) is 2.80. The van der Waals surface area contributed by atoms with Crippen molar-refractivity contribution < 1.29 is 4.79 Å². The summed E-state index contributed by atoms with van der Waals surface area (Å²) in [6.45, 7) is 1.94. The van der Waals surface area contributed by atoms with E-state index in [1.165, 1.54) is 11.8 Å². The van der Waals surface area contributed by atoms with Crippen LogP contribution in [0.3, 0.4) is 0 Å². The monoisotopic (exact) mass is 449 g/mol. The zero-order chi connectivity index (χ0) is 22.0. The van der Waals surface area contributed by atoms with Crippen LogP contribution in [0.25, 0.3) is 16.6 Å². The largest absolute Gasteiger partial charge is 0.315 e. The van der Waals surface area contributed by atoms with Gasteiger partial charge < -0.3 is 4.90 Å². The van der Waals surface area contributed by atoms with Gasteiger partial charge in [0.25, 0.3) is 5.56 Å². The molecule has 0 unspecified atom stereocenters. The van der Waals surface area contributed by atoms with Gasteiger partial charge in [-0.05, 0) is 48.9 Å². The minimum Gasteiger partial charge on any atom is -0.315 e. The molecule has 1 amide bonds. The van der Waals surface area contributed by atoms with E-state index in [4.69, 9.17) is 11.6 Å². The summed E-state index contributed by atoms with van der Waals surface area (Å²) in [5.74, 6) is 0.0449. The summed E-state index contributed by atoms with van der Waals surface area (Å²) in [6, 6.07) is 22.1. The first-order chi connectivity index (χ1) is 15.0. The Kier molecular flexibility index (Phi) is 6.11. The second-order valence-corrected chi connectivity index (χ2v) is 8.44. The number of para-hydroxylation sites is 2. The average molecular weight is 450 g/mol. The van der Waals surface area contributed by atoms with Gasteiger partial charge in [-0.3, -0.25) is 14.2 Å². The number of aryl methyl sites for hydroxylation is 1. The first-order valence-corrected chi connectivity index (χ1v) is 11.0. The maximum Gasteiger partial charge on any atom is 0.266 e. The van der Waals surface area contributed by atoms with E-state index < -0.39 is 0 Å². The van der Waals surface area contributed by atoms with Gasteiger partial charge in [0.1, 0.15) is 0 Å². The lowest BCUT2D eigenvalue weighted by Gasteiger charge is -2.18. The number of carbonyl (C=O) groups excluding carboxylic acids is 1. The van der Waals surface area contributed by atoms with Gasteiger partial charge in [0.05, 0.1) is 22.3 Å². The highest BCUT2D eigenvalue weighted by atomic mass is 35.5. The molecular formula is C24H20ClN3O2S. The molecule has 0 saturated heterocycles. The lowest BCUT2D eigenvalue weighted by atomic mass is 10.2. The van der Waals surface area contributed by atoms with Gasteiger partial charge in [-0.25, -0.2) is 4.98 Å². The van der Waals surface area contributed by atoms with Crippen LogP contribution in [0.2, 0.25) is 5.02 Å². The Morgan fingerprint density at radius 2 is 1.77 bits per heavy atom. The Balaban J connectivity index is 1.75. The third-order valence-electron chi connectivity index (χ3n) is 5.00. The van der Waals surface area contributed by atoms with E-state index in [1.54, 1.807) is 34.7 Å². The zero-order valence-corrected chi connectivity index (χ0v) is 18.7. The van der Waals surface area contributed by atoms with Crippen molar-refractivity contribution in [3.8, 4) is 5.69 Å². The molecule has 0 aliphatic rings. The van der Waals surface area contributed by atoms with Gasteiger partial charge in [-0.15, -0.1) is 0 Å². The quantitative estimate of drug-likeness (QED) is 0.314. The molecule has 0 fully saturated rings. The zero-order valence-electron chi connectivity index (χ0n) is 17.1. The van der Waals surface area contributed by atoms with Crippen LogP contribution in [-0.2, 0) is 4.79 Å². The third kappa shape index (κ3) is 4.36. The van der Waals surface area contributed by atoms with Gasteiger partial charge in [-0.2, -0.15) is 0 Å². The fourth-order valence-corrected chi connectivity index (χ4v) is 4.37. The maximum atomic E-state index is 13.4. The van der Waals surface area contributed by atoms with E-state index in [0.29, 0.717) is 21.1 Å². The molecule has 1 heterocycles. The second kappa shape index (κ2) is 8.96. The number of hydrogen-bond acceptors (Lipinski definition) is 4. The minimum atomic E-state index is -0.192. The van der Waals surface area contributed by atoms with Gasteiger partial charge in [0.2, 0.25) is 5.91 Å². The van der Waals surface area contributed by atoms with Crippen LogP contribution in [0, 0.1) is 6.92 Å². The normalized spacial score (nSPS) is 10.9. The highest BCUT2D eigenvalue weighted by Crippen LogP contribution is 2.25. The van der Waals surface area contributed by atoms with Crippen molar-refractivity contribution in [1.29, 1.82) is 0 Å². The first-order valence-electron chi connectivity index (χ1n) is 9.68. The molecule has 0 saturated carbocycles. The molecule has 0 atom stereocenters. The van der Waals surface area contributed by atoms with Crippen molar-refractivity contribution in [3.63, 3.8) is 0 Å². The van der Waals surface area contributed by atoms with Crippen molar-refractivity contribution in [1.82, 2.24) is 9.55 Å². The number of rotatable bonds is 5. The second-order valence-electron chi connectivity index (χ2n) is 7.06. The molecule has 4 aromatic rings. The van der Waals surface area contributed by atoms with E-state index in [0.717, 1.165) is 16.9 Å². The van der Waals surface area contributed by atoms with Crippen molar-refractivity contribution in [3.05, 3.63) is 93.7 Å². The summed E-state index contributed by atoms with van der Waals surface area (Å²) < 4.78 is 1.58. The van der Waals surface area contributed by atoms with Crippen molar-refractivity contribution in [2.75, 3.05) is 17.7 Å². The fourth-order valence-electron chi connectivity index (χ4n) is 3.28. The Labute approximate surface area is 189 Å². The van der Waals surface area contributed by atoms with Crippen LogP contribution in [-0.4, -0.2) is 28.3 Å². The molecule has 0 radical (unpaired) electrons. The van der Waals surface area contributed by atoms with Crippen molar-refractivity contribution in [2.24, 2.45) is 0 Å². The number of fused-ring (bicyclic) bond motifs is 1. The van der Waals surface area contributed by atoms with Crippen LogP contribution in [0.1, 0.15) is 5.56 Å². The molecule has 7 heteroatoms. The Bertz CT molecular complexity index is 1320. The van der Waals surface area contributed by atoms with Crippen LogP contribution >= 0.6 is 23.4 Å². The van der Waals surface area contributed by atoms with Gasteiger partial charge in [0.15, 0.2) is 5.16 Å². The predicted octanol–water partition coefficient (Wildman–Crippen LogP) is 5.10. The number of halogens is 1. The van der Waals surface area contributed by atoms with Crippen LogP contribution in [0.5, 0.6) is 0 Å².